The zero-order chi connectivity index (χ0) is 14.0. The predicted molar refractivity (Wildman–Crippen MR) is 84.4 cm³/mol. The smallest absolute Gasteiger partial charge is 0.854 e. The first-order valence-corrected chi connectivity index (χ1v) is 9.00. The molecule has 0 aliphatic carbocycles. The summed E-state index contributed by atoms with van der Waals surface area (Å²) in [4.78, 5) is 0. The zero-order valence-electron chi connectivity index (χ0n) is 13.9. The van der Waals surface area contributed by atoms with Crippen molar-refractivity contribution in [1.29, 1.82) is 0 Å². The molecule has 0 atom stereocenters. The quantitative estimate of drug-likeness (QED) is 0.268. The molecule has 0 aliphatic heterocycles. The molecule has 2 heteroatoms. The molecule has 0 saturated heterocycles. The molecule has 0 aromatic carbocycles. The van der Waals surface area contributed by atoms with E-state index in [1.54, 1.807) is 0 Å². The average Bonchev–Trinajstić information content (AvgIpc) is 2.43. The predicted octanol–water partition coefficient (Wildman–Crippen LogP) is 5.61. The van der Waals surface area contributed by atoms with Crippen LogP contribution in [0.5, 0.6) is 0 Å². The van der Waals surface area contributed by atoms with Crippen molar-refractivity contribution in [3.8, 4) is 0 Å². The van der Waals surface area contributed by atoms with Crippen LogP contribution in [0.3, 0.4) is 0 Å². The van der Waals surface area contributed by atoms with Crippen LogP contribution in [-0.4, -0.2) is 6.61 Å². The molecule has 0 heterocycles. The maximum Gasteiger partial charge on any atom is 4.00 e. The Bertz CT molecular complexity index is 134. The van der Waals surface area contributed by atoms with Gasteiger partial charge in [-0.15, -0.1) is 6.61 Å². The third kappa shape index (κ3) is 21.0. The molecule has 0 saturated carbocycles. The van der Waals surface area contributed by atoms with E-state index in [1.165, 1.54) is 89.9 Å². The van der Waals surface area contributed by atoms with E-state index in [2.05, 4.69) is 6.92 Å². The molecule has 0 bridgehead atoms. The van der Waals surface area contributed by atoms with Crippen LogP contribution in [0.15, 0.2) is 0 Å². The van der Waals surface area contributed by atoms with Crippen molar-refractivity contribution in [1.82, 2.24) is 0 Å². The fourth-order valence-corrected chi connectivity index (χ4v) is 2.65. The minimum atomic E-state index is 0. The Labute approximate surface area is 143 Å². The fraction of sp³-hybridized carbons (Fsp3) is 1.00. The molecule has 0 spiro atoms. The summed E-state index contributed by atoms with van der Waals surface area (Å²) in [6.07, 6.45) is 21.8. The van der Waals surface area contributed by atoms with Crippen molar-refractivity contribution in [2.24, 2.45) is 0 Å². The molecule has 0 fully saturated rings. The summed E-state index contributed by atoms with van der Waals surface area (Å²) in [5.41, 5.74) is 0. The second kappa shape index (κ2) is 22.0. The Morgan fingerprint density at radius 1 is 0.450 bits per heavy atom. The van der Waals surface area contributed by atoms with Crippen molar-refractivity contribution in [3.05, 3.63) is 0 Å². The van der Waals surface area contributed by atoms with Gasteiger partial charge < -0.3 is 5.11 Å². The van der Waals surface area contributed by atoms with Crippen LogP contribution >= 0.6 is 0 Å². The Morgan fingerprint density at radius 2 is 0.700 bits per heavy atom. The van der Waals surface area contributed by atoms with Crippen LogP contribution in [0.25, 0.3) is 0 Å². The minimum absolute atomic E-state index is 0. The number of unbranched alkanes of at least 4 members (excludes halogenated alkanes) is 15. The van der Waals surface area contributed by atoms with Crippen molar-refractivity contribution in [2.45, 2.75) is 110 Å². The van der Waals surface area contributed by atoms with Gasteiger partial charge in [0.2, 0.25) is 0 Å². The van der Waals surface area contributed by atoms with Gasteiger partial charge in [0.1, 0.15) is 0 Å². The summed E-state index contributed by atoms with van der Waals surface area (Å²) >= 11 is 0. The van der Waals surface area contributed by atoms with Crippen molar-refractivity contribution in [3.63, 3.8) is 0 Å². The third-order valence-electron chi connectivity index (χ3n) is 4.00. The molecule has 0 rings (SSSR count). The fourth-order valence-electron chi connectivity index (χ4n) is 2.65. The summed E-state index contributed by atoms with van der Waals surface area (Å²) in [6, 6.07) is 0. The Morgan fingerprint density at radius 3 is 0.950 bits per heavy atom. The van der Waals surface area contributed by atoms with E-state index in [4.69, 9.17) is 0 Å². The van der Waals surface area contributed by atoms with Crippen LogP contribution in [0.2, 0.25) is 0 Å². The van der Waals surface area contributed by atoms with Crippen LogP contribution in [0.1, 0.15) is 110 Å². The molecular weight excluding hydrogens is 280 g/mol. The molecule has 0 aromatic heterocycles. The Hall–Kier alpha value is 0.674. The van der Waals surface area contributed by atoms with Gasteiger partial charge in [0, 0.05) is 0 Å². The first kappa shape index (κ1) is 22.9. The number of rotatable bonds is 16. The standard InChI is InChI=1S/C18H37O.Ti/c1-2-3-4-5-6-7-8-9-10-11-12-13-14-15-16-17-18-19;/h2-18H2,1H3;/q-1;+4. The summed E-state index contributed by atoms with van der Waals surface area (Å²) in [5.74, 6) is 0. The van der Waals surface area contributed by atoms with Crippen LogP contribution in [0, 0.1) is 0 Å². The van der Waals surface area contributed by atoms with E-state index in [9.17, 15) is 5.11 Å². The van der Waals surface area contributed by atoms with Crippen LogP contribution in [0.4, 0.5) is 0 Å². The molecule has 0 radical (unpaired) electrons. The number of hydrogen-bond donors (Lipinski definition) is 0. The molecule has 0 aromatic rings. The molecule has 1 nitrogen and oxygen atoms in total. The molecular formula is C18H37OTi+3. The summed E-state index contributed by atoms with van der Waals surface area (Å²) in [7, 11) is 0. The third-order valence-corrected chi connectivity index (χ3v) is 4.00. The van der Waals surface area contributed by atoms with Gasteiger partial charge in [-0.3, -0.25) is 0 Å². The van der Waals surface area contributed by atoms with E-state index >= 15 is 0 Å². The Kier molecular flexibility index (Phi) is 25.2. The van der Waals surface area contributed by atoms with E-state index < -0.39 is 0 Å². The summed E-state index contributed by atoms with van der Waals surface area (Å²) in [6.45, 7) is 2.41. The van der Waals surface area contributed by atoms with Gasteiger partial charge in [0.25, 0.3) is 0 Å². The van der Waals surface area contributed by atoms with Crippen LogP contribution in [-0.2, 0) is 21.7 Å². The maximum absolute atomic E-state index is 10.3. The molecule has 0 N–H and O–H groups in total. The molecule has 20 heavy (non-hydrogen) atoms. The Balaban J connectivity index is 0. The number of hydrogen-bond acceptors (Lipinski definition) is 1. The minimum Gasteiger partial charge on any atom is -0.854 e. The molecule has 0 unspecified atom stereocenters. The van der Waals surface area contributed by atoms with Gasteiger partial charge in [0.15, 0.2) is 0 Å². The first-order chi connectivity index (χ1) is 9.41. The van der Waals surface area contributed by atoms with Gasteiger partial charge in [-0.1, -0.05) is 110 Å². The second-order valence-corrected chi connectivity index (χ2v) is 6.01. The molecule has 0 aliphatic rings. The van der Waals surface area contributed by atoms with Gasteiger partial charge in [-0.05, 0) is 0 Å². The normalized spacial score (nSPS) is 10.5. The van der Waals surface area contributed by atoms with E-state index in [0.29, 0.717) is 0 Å². The van der Waals surface area contributed by atoms with Gasteiger partial charge in [-0.2, -0.15) is 0 Å². The van der Waals surface area contributed by atoms with E-state index in [-0.39, 0.29) is 28.3 Å². The van der Waals surface area contributed by atoms with Gasteiger partial charge in [0.05, 0.1) is 0 Å². The van der Waals surface area contributed by atoms with Crippen molar-refractivity contribution in [2.75, 3.05) is 6.61 Å². The van der Waals surface area contributed by atoms with Crippen molar-refractivity contribution >= 4 is 0 Å². The summed E-state index contributed by atoms with van der Waals surface area (Å²) < 4.78 is 0. The monoisotopic (exact) mass is 317 g/mol. The maximum atomic E-state index is 10.3. The topological polar surface area (TPSA) is 23.1 Å². The van der Waals surface area contributed by atoms with E-state index in [1.807, 2.05) is 0 Å². The first-order valence-electron chi connectivity index (χ1n) is 9.00. The molecule has 0 amide bonds. The largest absolute Gasteiger partial charge is 4.00 e. The van der Waals surface area contributed by atoms with Gasteiger partial charge >= 0.3 is 21.7 Å². The van der Waals surface area contributed by atoms with Crippen molar-refractivity contribution < 1.29 is 26.8 Å². The average molecular weight is 317 g/mol. The zero-order valence-corrected chi connectivity index (χ0v) is 15.5. The van der Waals surface area contributed by atoms with E-state index in [0.717, 1.165) is 12.8 Å². The van der Waals surface area contributed by atoms with Crippen LogP contribution < -0.4 is 5.11 Å². The SMILES string of the molecule is CCCCCCCCCCCCCCCCCC[O-].[Ti+4]. The molecule has 116 valence electrons. The summed E-state index contributed by atoms with van der Waals surface area (Å²) in [5, 5.41) is 10.3. The van der Waals surface area contributed by atoms with Gasteiger partial charge in [-0.25, -0.2) is 0 Å². The second-order valence-electron chi connectivity index (χ2n) is 6.01.